The number of likely N-dealkylation sites (tertiary alicyclic amines) is 1. The van der Waals surface area contributed by atoms with E-state index in [4.69, 9.17) is 0 Å². The van der Waals surface area contributed by atoms with Gasteiger partial charge in [0.2, 0.25) is 0 Å². The van der Waals surface area contributed by atoms with E-state index in [1.807, 2.05) is 6.07 Å². The highest BCUT2D eigenvalue weighted by Gasteiger charge is 2.18. The number of rotatable bonds is 6. The number of thiazole rings is 1. The van der Waals surface area contributed by atoms with Gasteiger partial charge in [-0.3, -0.25) is 14.1 Å². The Labute approximate surface area is 168 Å². The molecule has 1 aromatic heterocycles. The minimum absolute atomic E-state index is 0.0439. The molecule has 0 amide bonds. The Hall–Kier alpha value is -2.16. The predicted octanol–water partition coefficient (Wildman–Crippen LogP) is 3.35. The summed E-state index contributed by atoms with van der Waals surface area (Å²) in [5.41, 5.74) is 1.31. The number of fused-ring (bicyclic) bond motifs is 1. The first-order valence-corrected chi connectivity index (χ1v) is 11.8. The predicted molar refractivity (Wildman–Crippen MR) is 114 cm³/mol. The molecular weight excluding hydrogens is 394 g/mol. The van der Waals surface area contributed by atoms with Crippen molar-refractivity contribution < 1.29 is 8.42 Å². The summed E-state index contributed by atoms with van der Waals surface area (Å²) in [7, 11) is -3.70. The van der Waals surface area contributed by atoms with Crippen LogP contribution in [0.5, 0.6) is 0 Å². The van der Waals surface area contributed by atoms with Crippen LogP contribution in [0.2, 0.25) is 0 Å². The number of anilines is 1. The fourth-order valence-corrected chi connectivity index (χ4v) is 5.69. The molecule has 2 aromatic carbocycles. The van der Waals surface area contributed by atoms with Crippen molar-refractivity contribution in [2.24, 2.45) is 0 Å². The average Bonchev–Trinajstić information content (AvgIpc) is 3.02. The van der Waals surface area contributed by atoms with Crippen LogP contribution in [0.4, 0.5) is 5.69 Å². The zero-order valence-corrected chi connectivity index (χ0v) is 17.1. The van der Waals surface area contributed by atoms with Gasteiger partial charge in [-0.05, 0) is 56.3 Å². The number of aromatic nitrogens is 1. The van der Waals surface area contributed by atoms with Crippen LogP contribution in [0.3, 0.4) is 0 Å². The van der Waals surface area contributed by atoms with Crippen LogP contribution in [0.1, 0.15) is 19.3 Å². The lowest BCUT2D eigenvalue weighted by Crippen LogP contribution is -2.33. The van der Waals surface area contributed by atoms with Gasteiger partial charge >= 0.3 is 4.87 Å². The largest absolute Gasteiger partial charge is 0.308 e. The zero-order valence-electron chi connectivity index (χ0n) is 15.5. The van der Waals surface area contributed by atoms with Gasteiger partial charge in [-0.1, -0.05) is 36.0 Å². The quantitative estimate of drug-likeness (QED) is 0.668. The van der Waals surface area contributed by atoms with Gasteiger partial charge in [0.05, 0.1) is 15.1 Å². The van der Waals surface area contributed by atoms with Gasteiger partial charge in [0.25, 0.3) is 10.0 Å². The Balaban J connectivity index is 1.57. The molecule has 1 fully saturated rings. The lowest BCUT2D eigenvalue weighted by molar-refractivity contribution is 0.221. The molecule has 0 unspecified atom stereocenters. The second kappa shape index (κ2) is 8.06. The second-order valence-corrected chi connectivity index (χ2v) is 9.70. The molecule has 148 valence electrons. The fourth-order valence-electron chi connectivity index (χ4n) is 3.57. The molecule has 0 saturated carbocycles. The van der Waals surface area contributed by atoms with Gasteiger partial charge in [-0.25, -0.2) is 8.42 Å². The van der Waals surface area contributed by atoms with Crippen molar-refractivity contribution in [2.45, 2.75) is 30.7 Å². The number of hydrogen-bond donors (Lipinski definition) is 1. The first-order chi connectivity index (χ1) is 13.5. The van der Waals surface area contributed by atoms with Gasteiger partial charge in [-0.2, -0.15) is 0 Å². The van der Waals surface area contributed by atoms with Crippen molar-refractivity contribution in [3.63, 3.8) is 0 Å². The minimum Gasteiger partial charge on any atom is -0.302 e. The number of piperidine rings is 1. The first-order valence-electron chi connectivity index (χ1n) is 9.46. The van der Waals surface area contributed by atoms with E-state index in [0.29, 0.717) is 16.9 Å². The van der Waals surface area contributed by atoms with Crippen LogP contribution in [-0.2, 0) is 16.6 Å². The number of benzene rings is 2. The number of sulfonamides is 1. The number of nitrogens with one attached hydrogen (secondary N) is 1. The van der Waals surface area contributed by atoms with E-state index in [2.05, 4.69) is 9.62 Å². The molecule has 0 spiro atoms. The Morgan fingerprint density at radius 3 is 2.46 bits per heavy atom. The van der Waals surface area contributed by atoms with Gasteiger partial charge in [0.1, 0.15) is 0 Å². The molecular formula is C20H23N3O3S2. The minimum atomic E-state index is -3.70. The third-order valence-electron chi connectivity index (χ3n) is 5.06. The summed E-state index contributed by atoms with van der Waals surface area (Å²) in [6.45, 7) is 3.66. The number of nitrogens with zero attached hydrogens (tertiary/aromatic N) is 2. The summed E-state index contributed by atoms with van der Waals surface area (Å²) in [6.07, 6.45) is 3.72. The van der Waals surface area contributed by atoms with Crippen LogP contribution in [-0.4, -0.2) is 37.5 Å². The Bertz CT molecular complexity index is 1110. The maximum absolute atomic E-state index is 12.7. The van der Waals surface area contributed by atoms with Crippen molar-refractivity contribution in [3.05, 3.63) is 58.2 Å². The first kappa shape index (κ1) is 19.2. The van der Waals surface area contributed by atoms with Gasteiger partial charge in [0, 0.05) is 18.8 Å². The fraction of sp³-hybridized carbons (Fsp3) is 0.350. The van der Waals surface area contributed by atoms with E-state index in [1.165, 1.54) is 19.3 Å². The van der Waals surface area contributed by atoms with Gasteiger partial charge < -0.3 is 4.90 Å². The highest BCUT2D eigenvalue weighted by molar-refractivity contribution is 7.92. The Morgan fingerprint density at radius 1 is 0.964 bits per heavy atom. The highest BCUT2D eigenvalue weighted by Crippen LogP contribution is 2.23. The van der Waals surface area contributed by atoms with E-state index in [0.717, 1.165) is 36.5 Å². The Kier molecular flexibility index (Phi) is 5.52. The third kappa shape index (κ3) is 4.14. The average molecular weight is 418 g/mol. The third-order valence-corrected chi connectivity index (χ3v) is 7.39. The molecule has 3 aromatic rings. The molecule has 28 heavy (non-hydrogen) atoms. The molecule has 0 radical (unpaired) electrons. The Morgan fingerprint density at radius 2 is 1.71 bits per heavy atom. The molecule has 2 heterocycles. The summed E-state index contributed by atoms with van der Waals surface area (Å²) in [5, 5.41) is 0. The van der Waals surface area contributed by atoms with E-state index in [9.17, 15) is 13.2 Å². The topological polar surface area (TPSA) is 71.4 Å². The van der Waals surface area contributed by atoms with E-state index in [-0.39, 0.29) is 9.77 Å². The molecule has 1 N–H and O–H groups in total. The van der Waals surface area contributed by atoms with Crippen LogP contribution < -0.4 is 9.60 Å². The van der Waals surface area contributed by atoms with Crippen molar-refractivity contribution in [1.29, 1.82) is 0 Å². The van der Waals surface area contributed by atoms with Crippen molar-refractivity contribution in [2.75, 3.05) is 24.4 Å². The summed E-state index contributed by atoms with van der Waals surface area (Å²) in [5.74, 6) is 0. The molecule has 1 aliphatic heterocycles. The SMILES string of the molecule is O=c1sc2cc(S(=O)(=O)Nc3ccccc3)ccc2n1CCN1CCCCC1. The van der Waals surface area contributed by atoms with Crippen LogP contribution in [0, 0.1) is 0 Å². The normalized spacial score (nSPS) is 15.7. The van der Waals surface area contributed by atoms with Gasteiger partial charge in [-0.15, -0.1) is 0 Å². The van der Waals surface area contributed by atoms with E-state index in [1.54, 1.807) is 47.0 Å². The monoisotopic (exact) mass is 417 g/mol. The summed E-state index contributed by atoms with van der Waals surface area (Å²) in [4.78, 5) is 15.0. The number of hydrogen-bond acceptors (Lipinski definition) is 5. The smallest absolute Gasteiger partial charge is 0.302 e. The molecule has 1 aliphatic rings. The number of para-hydroxylation sites is 1. The lowest BCUT2D eigenvalue weighted by Gasteiger charge is -2.26. The van der Waals surface area contributed by atoms with E-state index < -0.39 is 10.0 Å². The van der Waals surface area contributed by atoms with E-state index >= 15 is 0 Å². The molecule has 8 heteroatoms. The van der Waals surface area contributed by atoms with Crippen molar-refractivity contribution >= 4 is 37.3 Å². The van der Waals surface area contributed by atoms with Crippen molar-refractivity contribution in [3.8, 4) is 0 Å². The molecule has 0 bridgehead atoms. The standard InChI is InChI=1S/C20H23N3O3S2/c24-20-23(14-13-22-11-5-2-6-12-22)18-10-9-17(15-19(18)27-20)28(25,26)21-16-7-3-1-4-8-16/h1,3-4,7-10,15,21H,2,5-6,11-14H2. The molecule has 4 rings (SSSR count). The lowest BCUT2D eigenvalue weighted by atomic mass is 10.1. The maximum Gasteiger partial charge on any atom is 0.308 e. The zero-order chi connectivity index (χ0) is 19.6. The molecule has 6 nitrogen and oxygen atoms in total. The molecule has 1 saturated heterocycles. The van der Waals surface area contributed by atoms with Gasteiger partial charge in [0.15, 0.2) is 0 Å². The van der Waals surface area contributed by atoms with Crippen LogP contribution in [0.25, 0.3) is 10.2 Å². The maximum atomic E-state index is 12.7. The summed E-state index contributed by atoms with van der Waals surface area (Å²) < 4.78 is 30.4. The highest BCUT2D eigenvalue weighted by atomic mass is 32.2. The summed E-state index contributed by atoms with van der Waals surface area (Å²) in [6, 6.07) is 13.7. The molecule has 0 aliphatic carbocycles. The second-order valence-electron chi connectivity index (χ2n) is 7.02. The van der Waals surface area contributed by atoms with Crippen LogP contribution >= 0.6 is 11.3 Å². The van der Waals surface area contributed by atoms with Crippen LogP contribution in [0.15, 0.2) is 58.2 Å². The summed E-state index contributed by atoms with van der Waals surface area (Å²) >= 11 is 1.10. The molecule has 0 atom stereocenters. The van der Waals surface area contributed by atoms with Crippen molar-refractivity contribution in [1.82, 2.24) is 9.47 Å².